The van der Waals surface area contributed by atoms with Crippen molar-refractivity contribution in [3.05, 3.63) is 0 Å². The van der Waals surface area contributed by atoms with Gasteiger partial charge in [0.1, 0.15) is 0 Å². The molecule has 0 aromatic rings. The highest BCUT2D eigenvalue weighted by Crippen LogP contribution is 2.25. The Kier molecular flexibility index (Phi) is 6.72. The summed E-state index contributed by atoms with van der Waals surface area (Å²) in [7, 11) is 0. The van der Waals surface area contributed by atoms with Crippen LogP contribution in [0.5, 0.6) is 0 Å². The van der Waals surface area contributed by atoms with E-state index in [1.807, 2.05) is 13.8 Å². The number of hydrogen-bond donors (Lipinski definition) is 3. The average Bonchev–Trinajstić information content (AvgIpc) is 2.54. The zero-order valence-corrected chi connectivity index (χ0v) is 15.1. The van der Waals surface area contributed by atoms with Crippen LogP contribution < -0.4 is 10.6 Å². The number of piperidine rings is 1. The SMILES string of the molecule is CC(C)C(C)(O)CNC(=O)NC1CCN(C2CCCCC2)CC1. The van der Waals surface area contributed by atoms with Gasteiger partial charge in [-0.3, -0.25) is 0 Å². The Morgan fingerprint density at radius 1 is 1.17 bits per heavy atom. The number of likely N-dealkylation sites (tertiary alicyclic amines) is 1. The molecule has 0 bridgehead atoms. The lowest BCUT2D eigenvalue weighted by atomic mass is 9.92. The Labute approximate surface area is 141 Å². The molecule has 23 heavy (non-hydrogen) atoms. The van der Waals surface area contributed by atoms with E-state index in [2.05, 4.69) is 15.5 Å². The van der Waals surface area contributed by atoms with E-state index < -0.39 is 5.60 Å². The van der Waals surface area contributed by atoms with Crippen molar-refractivity contribution in [3.63, 3.8) is 0 Å². The molecule has 3 N–H and O–H groups in total. The van der Waals surface area contributed by atoms with Crippen molar-refractivity contribution in [2.45, 2.75) is 83.4 Å². The Morgan fingerprint density at radius 2 is 1.78 bits per heavy atom. The van der Waals surface area contributed by atoms with Gasteiger partial charge < -0.3 is 20.6 Å². The summed E-state index contributed by atoms with van der Waals surface area (Å²) < 4.78 is 0. The molecule has 1 atom stereocenters. The summed E-state index contributed by atoms with van der Waals surface area (Å²) in [5.41, 5.74) is -0.859. The third-order valence-electron chi connectivity index (χ3n) is 5.81. The van der Waals surface area contributed by atoms with Crippen LogP contribution in [0.15, 0.2) is 0 Å². The van der Waals surface area contributed by atoms with Crippen molar-refractivity contribution in [2.24, 2.45) is 5.92 Å². The van der Waals surface area contributed by atoms with Gasteiger partial charge in [0.2, 0.25) is 0 Å². The Bertz CT molecular complexity index is 370. The fourth-order valence-corrected chi connectivity index (χ4v) is 3.55. The molecule has 5 nitrogen and oxygen atoms in total. The van der Waals surface area contributed by atoms with E-state index in [0.717, 1.165) is 32.0 Å². The minimum Gasteiger partial charge on any atom is -0.388 e. The molecule has 2 aliphatic rings. The van der Waals surface area contributed by atoms with Gasteiger partial charge in [0.05, 0.1) is 5.60 Å². The first-order valence-electron chi connectivity index (χ1n) is 9.39. The molecule has 0 aromatic heterocycles. The predicted molar refractivity (Wildman–Crippen MR) is 93.5 cm³/mol. The van der Waals surface area contributed by atoms with Crippen molar-refractivity contribution < 1.29 is 9.90 Å². The summed E-state index contributed by atoms with van der Waals surface area (Å²) in [4.78, 5) is 14.6. The molecule has 1 aliphatic carbocycles. The van der Waals surface area contributed by atoms with Gasteiger partial charge in [0.25, 0.3) is 0 Å². The topological polar surface area (TPSA) is 64.6 Å². The maximum absolute atomic E-state index is 12.0. The van der Waals surface area contributed by atoms with Gasteiger partial charge in [0.15, 0.2) is 0 Å². The molecule has 2 fully saturated rings. The van der Waals surface area contributed by atoms with Gasteiger partial charge in [-0.2, -0.15) is 0 Å². The minimum absolute atomic E-state index is 0.113. The van der Waals surface area contributed by atoms with E-state index >= 15 is 0 Å². The van der Waals surface area contributed by atoms with Crippen molar-refractivity contribution in [2.75, 3.05) is 19.6 Å². The van der Waals surface area contributed by atoms with Gasteiger partial charge in [-0.05, 0) is 38.5 Å². The maximum Gasteiger partial charge on any atom is 0.315 e. The molecule has 134 valence electrons. The molecule has 2 amide bonds. The quantitative estimate of drug-likeness (QED) is 0.727. The Morgan fingerprint density at radius 3 is 2.35 bits per heavy atom. The van der Waals surface area contributed by atoms with Crippen LogP contribution in [-0.2, 0) is 0 Å². The molecular formula is C18H35N3O2. The maximum atomic E-state index is 12.0. The number of carbonyl (C=O) groups is 1. The molecule has 0 radical (unpaired) electrons. The third kappa shape index (κ3) is 5.64. The smallest absolute Gasteiger partial charge is 0.315 e. The zero-order valence-electron chi connectivity index (χ0n) is 15.1. The lowest BCUT2D eigenvalue weighted by Gasteiger charge is -2.39. The fraction of sp³-hybridized carbons (Fsp3) is 0.944. The van der Waals surface area contributed by atoms with Crippen molar-refractivity contribution in [1.29, 1.82) is 0 Å². The molecule has 2 rings (SSSR count). The Hall–Kier alpha value is -0.810. The standard InChI is InChI=1S/C18H35N3O2/c1-14(2)18(3,23)13-19-17(22)20-15-9-11-21(12-10-15)16-7-5-4-6-8-16/h14-16,23H,4-13H2,1-3H3,(H2,19,20,22). The second kappa shape index (κ2) is 8.34. The first-order chi connectivity index (χ1) is 10.9. The summed E-state index contributed by atoms with van der Waals surface area (Å²) in [6.07, 6.45) is 8.91. The summed E-state index contributed by atoms with van der Waals surface area (Å²) in [6.45, 7) is 8.16. The number of nitrogens with one attached hydrogen (secondary N) is 2. The van der Waals surface area contributed by atoms with E-state index in [0.29, 0.717) is 0 Å². The number of hydrogen-bond acceptors (Lipinski definition) is 3. The van der Waals surface area contributed by atoms with Crippen LogP contribution in [0.1, 0.15) is 65.7 Å². The number of rotatable bonds is 5. The molecule has 1 aliphatic heterocycles. The highest BCUT2D eigenvalue weighted by Gasteiger charge is 2.28. The van der Waals surface area contributed by atoms with E-state index in [4.69, 9.17) is 0 Å². The molecule has 1 saturated heterocycles. The third-order valence-corrected chi connectivity index (χ3v) is 5.81. The van der Waals surface area contributed by atoms with Crippen molar-refractivity contribution in [1.82, 2.24) is 15.5 Å². The van der Waals surface area contributed by atoms with Crippen molar-refractivity contribution in [3.8, 4) is 0 Å². The van der Waals surface area contributed by atoms with E-state index in [-0.39, 0.29) is 24.5 Å². The molecule has 1 unspecified atom stereocenters. The monoisotopic (exact) mass is 325 g/mol. The number of amides is 2. The summed E-state index contributed by atoms with van der Waals surface area (Å²) in [5, 5.41) is 16.1. The highest BCUT2D eigenvalue weighted by atomic mass is 16.3. The molecule has 0 spiro atoms. The van der Waals surface area contributed by atoms with Crippen LogP contribution in [0.3, 0.4) is 0 Å². The molecule has 5 heteroatoms. The largest absolute Gasteiger partial charge is 0.388 e. The number of carbonyl (C=O) groups excluding carboxylic acids is 1. The van der Waals surface area contributed by atoms with Crippen LogP contribution >= 0.6 is 0 Å². The van der Waals surface area contributed by atoms with Gasteiger partial charge in [-0.15, -0.1) is 0 Å². The van der Waals surface area contributed by atoms with Crippen LogP contribution in [0.25, 0.3) is 0 Å². The summed E-state index contributed by atoms with van der Waals surface area (Å²) >= 11 is 0. The average molecular weight is 325 g/mol. The van der Waals surface area contributed by atoms with Crippen molar-refractivity contribution >= 4 is 6.03 Å². The number of urea groups is 1. The molecule has 0 aromatic carbocycles. The van der Waals surface area contributed by atoms with E-state index in [1.165, 1.54) is 32.1 Å². The number of aliphatic hydroxyl groups is 1. The zero-order chi connectivity index (χ0) is 16.9. The normalized spacial score (nSPS) is 24.4. The second-order valence-electron chi connectivity index (χ2n) is 7.94. The fourth-order valence-electron chi connectivity index (χ4n) is 3.55. The number of nitrogens with zero attached hydrogens (tertiary/aromatic N) is 1. The van der Waals surface area contributed by atoms with Crippen LogP contribution in [-0.4, -0.2) is 53.4 Å². The predicted octanol–water partition coefficient (Wildman–Crippen LogP) is 2.49. The van der Waals surface area contributed by atoms with Crippen LogP contribution in [0, 0.1) is 5.92 Å². The lowest BCUT2D eigenvalue weighted by molar-refractivity contribution is 0.0164. The summed E-state index contributed by atoms with van der Waals surface area (Å²) in [5.74, 6) is 0.113. The van der Waals surface area contributed by atoms with Gasteiger partial charge in [-0.25, -0.2) is 4.79 Å². The Balaban J connectivity index is 1.66. The lowest BCUT2D eigenvalue weighted by Crippen LogP contribution is -2.52. The summed E-state index contributed by atoms with van der Waals surface area (Å²) in [6, 6.07) is 0.889. The van der Waals surface area contributed by atoms with Gasteiger partial charge in [-0.1, -0.05) is 33.1 Å². The first-order valence-corrected chi connectivity index (χ1v) is 9.39. The van der Waals surface area contributed by atoms with Gasteiger partial charge in [0, 0.05) is 31.7 Å². The molecular weight excluding hydrogens is 290 g/mol. The van der Waals surface area contributed by atoms with Gasteiger partial charge >= 0.3 is 6.03 Å². The minimum atomic E-state index is -0.859. The molecule has 1 saturated carbocycles. The van der Waals surface area contributed by atoms with Crippen LogP contribution in [0.2, 0.25) is 0 Å². The second-order valence-corrected chi connectivity index (χ2v) is 7.94. The van der Waals surface area contributed by atoms with Crippen LogP contribution in [0.4, 0.5) is 4.79 Å². The molecule has 1 heterocycles. The highest BCUT2D eigenvalue weighted by molar-refractivity contribution is 5.74. The van der Waals surface area contributed by atoms with E-state index in [1.54, 1.807) is 6.92 Å². The van der Waals surface area contributed by atoms with E-state index in [9.17, 15) is 9.90 Å². The first kappa shape index (κ1) is 18.5.